The lowest BCUT2D eigenvalue weighted by Gasteiger charge is -2.15. The molecule has 4 rings (SSSR count). The van der Waals surface area contributed by atoms with Gasteiger partial charge in [-0.25, -0.2) is 4.39 Å². The smallest absolute Gasteiger partial charge is 0.326 e. The van der Waals surface area contributed by atoms with Crippen molar-refractivity contribution in [3.63, 3.8) is 0 Å². The van der Waals surface area contributed by atoms with Crippen LogP contribution >= 0.6 is 0 Å². The highest BCUT2D eigenvalue weighted by Gasteiger charge is 2.19. The Morgan fingerprint density at radius 1 is 1.11 bits per heavy atom. The highest BCUT2D eigenvalue weighted by molar-refractivity contribution is 6.05. The first-order valence-electron chi connectivity index (χ1n) is 9.10. The lowest BCUT2D eigenvalue weighted by Crippen LogP contribution is -2.14. The number of ether oxygens (including phenoxy) is 1. The van der Waals surface area contributed by atoms with Crippen molar-refractivity contribution in [2.75, 3.05) is 30.9 Å². The number of hydrogen-bond donors (Lipinski definition) is 1. The number of rotatable bonds is 4. The topological polar surface area (TPSA) is 62.6 Å². The monoisotopic (exact) mass is 379 g/mol. The van der Waals surface area contributed by atoms with Crippen molar-refractivity contribution >= 4 is 23.5 Å². The quantitative estimate of drug-likeness (QED) is 0.862. The van der Waals surface area contributed by atoms with Crippen molar-refractivity contribution < 1.29 is 9.13 Å². The number of anilines is 2. The van der Waals surface area contributed by atoms with Crippen LogP contribution in [0.25, 0.3) is 6.08 Å². The molecule has 2 aliphatic rings. The number of aromatic nitrogens is 2. The number of amidine groups is 1. The van der Waals surface area contributed by atoms with Gasteiger partial charge in [-0.1, -0.05) is 17.7 Å². The number of fused-ring (bicyclic) bond motifs is 1. The molecule has 0 bridgehead atoms. The maximum absolute atomic E-state index is 14.9. The molecule has 0 amide bonds. The molecule has 0 saturated heterocycles. The zero-order chi connectivity index (χ0) is 19.8. The summed E-state index contributed by atoms with van der Waals surface area (Å²) in [5.41, 5.74) is 3.85. The molecule has 2 aromatic rings. The van der Waals surface area contributed by atoms with E-state index in [-0.39, 0.29) is 17.6 Å². The van der Waals surface area contributed by atoms with Gasteiger partial charge in [-0.05, 0) is 43.5 Å². The van der Waals surface area contributed by atoms with E-state index < -0.39 is 0 Å². The van der Waals surface area contributed by atoms with Crippen LogP contribution in [0.3, 0.4) is 0 Å². The minimum Gasteiger partial charge on any atom is -0.421 e. The molecule has 0 saturated carbocycles. The van der Waals surface area contributed by atoms with Crippen LogP contribution in [0.5, 0.6) is 11.8 Å². The molecular weight excluding hydrogens is 357 g/mol. The molecule has 28 heavy (non-hydrogen) atoms. The first kappa shape index (κ1) is 18.2. The predicted octanol–water partition coefficient (Wildman–Crippen LogP) is 4.20. The lowest BCUT2D eigenvalue weighted by atomic mass is 10.1. The maximum Gasteiger partial charge on any atom is 0.326 e. The van der Waals surface area contributed by atoms with Gasteiger partial charge in [-0.3, -0.25) is 4.99 Å². The van der Waals surface area contributed by atoms with Gasteiger partial charge < -0.3 is 15.0 Å². The molecule has 144 valence electrons. The third-order valence-electron chi connectivity index (χ3n) is 4.58. The van der Waals surface area contributed by atoms with E-state index in [2.05, 4.69) is 20.3 Å². The molecule has 6 nitrogen and oxygen atoms in total. The van der Waals surface area contributed by atoms with Crippen LogP contribution in [0.4, 0.5) is 16.0 Å². The van der Waals surface area contributed by atoms with Gasteiger partial charge in [0.2, 0.25) is 0 Å². The normalized spacial score (nSPS) is 15.0. The molecule has 2 heterocycles. The highest BCUT2D eigenvalue weighted by Crippen LogP contribution is 2.34. The number of nitrogens with zero attached hydrogens (tertiary/aromatic N) is 4. The molecule has 0 spiro atoms. The standard InChI is InChI=1S/C21H22FN5O/c1-12-7-14-5-6-16(20(22)15(14)8-12)28-21-25-18(10-19(26-21)27(3)4)24-17-9-13(2)11-23-17/h5-6,8-10H,7,11H2,1-4H3,(H,23,24,25,26). The summed E-state index contributed by atoms with van der Waals surface area (Å²) in [5, 5.41) is 3.17. The van der Waals surface area contributed by atoms with E-state index in [0.717, 1.165) is 23.4 Å². The van der Waals surface area contributed by atoms with Crippen molar-refractivity contribution in [1.82, 2.24) is 9.97 Å². The van der Waals surface area contributed by atoms with Crippen molar-refractivity contribution in [1.29, 1.82) is 0 Å². The highest BCUT2D eigenvalue weighted by atomic mass is 19.1. The number of hydrogen-bond acceptors (Lipinski definition) is 6. The zero-order valence-corrected chi connectivity index (χ0v) is 16.4. The molecule has 7 heteroatoms. The fourth-order valence-electron chi connectivity index (χ4n) is 3.19. The van der Waals surface area contributed by atoms with Crippen LogP contribution in [0.1, 0.15) is 25.0 Å². The third kappa shape index (κ3) is 3.60. The summed E-state index contributed by atoms with van der Waals surface area (Å²) in [4.78, 5) is 15.0. The molecular formula is C21H22FN5O. The van der Waals surface area contributed by atoms with E-state index in [1.807, 2.05) is 51.1 Å². The van der Waals surface area contributed by atoms with E-state index in [4.69, 9.17) is 4.74 Å². The van der Waals surface area contributed by atoms with Gasteiger partial charge in [0, 0.05) is 25.7 Å². The molecule has 0 atom stereocenters. The number of nitrogens with one attached hydrogen (secondary N) is 1. The Hall–Kier alpha value is -3.22. The van der Waals surface area contributed by atoms with Gasteiger partial charge >= 0.3 is 6.01 Å². The molecule has 0 unspecified atom stereocenters. The van der Waals surface area contributed by atoms with E-state index in [9.17, 15) is 4.39 Å². The Labute approximate surface area is 163 Å². The maximum atomic E-state index is 14.9. The van der Waals surface area contributed by atoms with E-state index in [1.165, 1.54) is 5.57 Å². The number of benzene rings is 1. The molecule has 1 aliphatic heterocycles. The fourth-order valence-corrected chi connectivity index (χ4v) is 3.19. The minimum absolute atomic E-state index is 0.0746. The molecule has 1 aromatic heterocycles. The van der Waals surface area contributed by atoms with E-state index in [0.29, 0.717) is 23.7 Å². The van der Waals surface area contributed by atoms with Crippen LogP contribution in [0.15, 0.2) is 40.4 Å². The van der Waals surface area contributed by atoms with Gasteiger partial charge in [-0.2, -0.15) is 9.97 Å². The van der Waals surface area contributed by atoms with Crippen LogP contribution in [-0.2, 0) is 6.42 Å². The average Bonchev–Trinajstić information content (AvgIpc) is 3.22. The van der Waals surface area contributed by atoms with Gasteiger partial charge in [0.1, 0.15) is 17.5 Å². The zero-order valence-electron chi connectivity index (χ0n) is 16.4. The second-order valence-corrected chi connectivity index (χ2v) is 7.33. The first-order valence-corrected chi connectivity index (χ1v) is 9.10. The van der Waals surface area contributed by atoms with Crippen LogP contribution in [0, 0.1) is 5.82 Å². The third-order valence-corrected chi connectivity index (χ3v) is 4.58. The van der Waals surface area contributed by atoms with Crippen molar-refractivity contribution in [2.45, 2.75) is 20.3 Å². The molecule has 1 N–H and O–H groups in total. The Balaban J connectivity index is 1.65. The summed E-state index contributed by atoms with van der Waals surface area (Å²) < 4.78 is 20.6. The lowest BCUT2D eigenvalue weighted by molar-refractivity contribution is 0.411. The minimum atomic E-state index is -0.388. The summed E-state index contributed by atoms with van der Waals surface area (Å²) in [7, 11) is 3.74. The van der Waals surface area contributed by atoms with Crippen LogP contribution in [-0.4, -0.2) is 36.4 Å². The molecule has 0 fully saturated rings. The number of halogens is 1. The Morgan fingerprint density at radius 3 is 2.64 bits per heavy atom. The molecule has 1 aliphatic carbocycles. The van der Waals surface area contributed by atoms with E-state index in [1.54, 1.807) is 12.1 Å². The van der Waals surface area contributed by atoms with Crippen molar-refractivity contribution in [2.24, 2.45) is 4.99 Å². The Bertz CT molecular complexity index is 1040. The van der Waals surface area contributed by atoms with Gasteiger partial charge in [0.15, 0.2) is 11.6 Å². The summed E-state index contributed by atoms with van der Waals surface area (Å²) >= 11 is 0. The summed E-state index contributed by atoms with van der Waals surface area (Å²) in [6.45, 7) is 4.68. The second-order valence-electron chi connectivity index (χ2n) is 7.33. The summed E-state index contributed by atoms with van der Waals surface area (Å²) in [5.74, 6) is 1.64. The predicted molar refractivity (Wildman–Crippen MR) is 110 cm³/mol. The van der Waals surface area contributed by atoms with Crippen molar-refractivity contribution in [3.8, 4) is 11.8 Å². The van der Waals surface area contributed by atoms with Gasteiger partial charge in [0.05, 0.1) is 6.54 Å². The molecule has 0 radical (unpaired) electrons. The summed E-state index contributed by atoms with van der Waals surface area (Å²) in [6.07, 6.45) is 4.59. The van der Waals surface area contributed by atoms with Crippen LogP contribution in [0.2, 0.25) is 0 Å². The largest absolute Gasteiger partial charge is 0.421 e. The summed E-state index contributed by atoms with van der Waals surface area (Å²) in [6, 6.07) is 5.39. The second kappa shape index (κ2) is 7.07. The first-order chi connectivity index (χ1) is 13.4. The fraction of sp³-hybridized carbons (Fsp3) is 0.286. The number of aliphatic imine (C=N–C) groups is 1. The van der Waals surface area contributed by atoms with E-state index >= 15 is 0 Å². The number of allylic oxidation sites excluding steroid dienone is 1. The Kier molecular flexibility index (Phi) is 4.58. The molecule has 1 aromatic carbocycles. The SMILES string of the molecule is CC1=CC(Nc2cc(N(C)C)nc(Oc3ccc4c(c3F)C=C(C)C4)n2)=NC1. The average molecular weight is 379 g/mol. The van der Waals surface area contributed by atoms with Crippen LogP contribution < -0.4 is 15.0 Å². The van der Waals surface area contributed by atoms with Crippen molar-refractivity contribution in [3.05, 3.63) is 52.4 Å². The Morgan fingerprint density at radius 2 is 1.93 bits per heavy atom. The van der Waals surface area contributed by atoms with Gasteiger partial charge in [-0.15, -0.1) is 0 Å². The van der Waals surface area contributed by atoms with Gasteiger partial charge in [0.25, 0.3) is 0 Å².